The van der Waals surface area contributed by atoms with Gasteiger partial charge in [-0.15, -0.1) is 0 Å². The van der Waals surface area contributed by atoms with E-state index in [-0.39, 0.29) is 17.7 Å². The Labute approximate surface area is 174 Å². The van der Waals surface area contributed by atoms with Crippen LogP contribution in [0.2, 0.25) is 0 Å². The summed E-state index contributed by atoms with van der Waals surface area (Å²) in [6, 6.07) is 15.4. The van der Waals surface area contributed by atoms with Gasteiger partial charge in [-0.1, -0.05) is 24.3 Å². The fraction of sp³-hybridized carbons (Fsp3) is 0.261. The van der Waals surface area contributed by atoms with E-state index < -0.39 is 0 Å². The van der Waals surface area contributed by atoms with Crippen molar-refractivity contribution < 1.29 is 14.3 Å². The first-order valence-electron chi connectivity index (χ1n) is 9.88. The SMILES string of the molecule is COc1ccc([C@H]2CC(=O)C3=C(C2)Nc2ncnn2[C@@H]3c2cccc(OC)c2)cc1. The molecule has 5 rings (SSSR count). The average Bonchev–Trinajstić information content (AvgIpc) is 3.25. The third kappa shape index (κ3) is 3.03. The number of carbonyl (C=O) groups is 1. The van der Waals surface area contributed by atoms with Gasteiger partial charge >= 0.3 is 0 Å². The minimum atomic E-state index is -0.321. The Morgan fingerprint density at radius 3 is 2.57 bits per heavy atom. The van der Waals surface area contributed by atoms with Crippen molar-refractivity contribution in [2.24, 2.45) is 0 Å². The predicted octanol–water partition coefficient (Wildman–Crippen LogP) is 3.71. The number of ketones is 1. The van der Waals surface area contributed by atoms with E-state index in [2.05, 4.69) is 15.4 Å². The van der Waals surface area contributed by atoms with Crippen LogP contribution in [-0.4, -0.2) is 34.8 Å². The highest BCUT2D eigenvalue weighted by Gasteiger charge is 2.39. The number of Topliss-reactive ketones (excluding diaryl/α,β-unsaturated/α-hetero) is 1. The van der Waals surface area contributed by atoms with Gasteiger partial charge in [0.1, 0.15) is 23.9 Å². The highest BCUT2D eigenvalue weighted by molar-refractivity contribution is 6.00. The summed E-state index contributed by atoms with van der Waals surface area (Å²) in [6.07, 6.45) is 2.71. The van der Waals surface area contributed by atoms with E-state index in [1.807, 2.05) is 48.5 Å². The van der Waals surface area contributed by atoms with E-state index in [1.165, 1.54) is 6.33 Å². The molecule has 0 amide bonds. The van der Waals surface area contributed by atoms with Crippen molar-refractivity contribution in [1.29, 1.82) is 0 Å². The van der Waals surface area contributed by atoms with Gasteiger partial charge in [-0.05, 0) is 47.7 Å². The lowest BCUT2D eigenvalue weighted by Gasteiger charge is -2.35. The van der Waals surface area contributed by atoms with Crippen molar-refractivity contribution in [2.75, 3.05) is 19.5 Å². The van der Waals surface area contributed by atoms with Crippen LogP contribution in [0.15, 0.2) is 66.1 Å². The third-order valence-corrected chi connectivity index (χ3v) is 5.86. The zero-order valence-electron chi connectivity index (χ0n) is 16.8. The van der Waals surface area contributed by atoms with E-state index in [0.717, 1.165) is 40.3 Å². The second kappa shape index (κ2) is 7.33. The molecule has 0 unspecified atom stereocenters. The Morgan fingerprint density at radius 2 is 1.80 bits per heavy atom. The summed E-state index contributed by atoms with van der Waals surface area (Å²) in [7, 11) is 3.29. The minimum absolute atomic E-state index is 0.107. The summed E-state index contributed by atoms with van der Waals surface area (Å²) >= 11 is 0. The van der Waals surface area contributed by atoms with E-state index in [0.29, 0.717) is 12.4 Å². The Hall–Kier alpha value is -3.61. The lowest BCUT2D eigenvalue weighted by molar-refractivity contribution is -0.116. The normalized spacial score (nSPS) is 20.3. The number of fused-ring (bicyclic) bond motifs is 1. The fourth-order valence-electron chi connectivity index (χ4n) is 4.38. The first-order chi connectivity index (χ1) is 14.7. The first kappa shape index (κ1) is 18.4. The molecule has 3 aromatic rings. The van der Waals surface area contributed by atoms with Crippen molar-refractivity contribution >= 4 is 11.7 Å². The molecule has 2 aliphatic rings. The summed E-state index contributed by atoms with van der Waals surface area (Å²) in [5.74, 6) is 2.43. The van der Waals surface area contributed by atoms with Gasteiger partial charge in [0.25, 0.3) is 0 Å². The summed E-state index contributed by atoms with van der Waals surface area (Å²) in [5, 5.41) is 7.75. The van der Waals surface area contributed by atoms with Crippen LogP contribution < -0.4 is 14.8 Å². The lowest BCUT2D eigenvalue weighted by atomic mass is 9.78. The minimum Gasteiger partial charge on any atom is -0.497 e. The van der Waals surface area contributed by atoms with Gasteiger partial charge in [0.05, 0.1) is 14.2 Å². The van der Waals surface area contributed by atoms with Crippen molar-refractivity contribution in [3.8, 4) is 11.5 Å². The van der Waals surface area contributed by atoms with Gasteiger partial charge in [-0.2, -0.15) is 10.1 Å². The number of aromatic nitrogens is 3. The van der Waals surface area contributed by atoms with Gasteiger partial charge in [0.15, 0.2) is 5.78 Å². The van der Waals surface area contributed by atoms with Gasteiger partial charge in [-0.3, -0.25) is 4.79 Å². The molecule has 152 valence electrons. The zero-order chi connectivity index (χ0) is 20.7. The van der Waals surface area contributed by atoms with Crippen LogP contribution in [0, 0.1) is 0 Å². The van der Waals surface area contributed by atoms with Crippen LogP contribution in [0.3, 0.4) is 0 Å². The molecule has 7 heteroatoms. The summed E-state index contributed by atoms with van der Waals surface area (Å²) in [6.45, 7) is 0. The standard InChI is InChI=1S/C23H22N4O3/c1-29-17-8-6-14(7-9-17)16-11-19-21(20(28)12-16)22(27-23(26-19)24-13-25-27)15-4-3-5-18(10-15)30-2/h3-10,13,16,22H,11-12H2,1-2H3,(H,24,25,26)/t16-,22-/m1/s1. The number of ether oxygens (including phenoxy) is 2. The Morgan fingerprint density at radius 1 is 1.00 bits per heavy atom. The van der Waals surface area contributed by atoms with Crippen LogP contribution in [0.1, 0.15) is 35.9 Å². The van der Waals surface area contributed by atoms with Crippen molar-refractivity contribution in [3.05, 3.63) is 77.3 Å². The summed E-state index contributed by atoms with van der Waals surface area (Å²) in [5.41, 5.74) is 3.75. The summed E-state index contributed by atoms with van der Waals surface area (Å²) < 4.78 is 12.4. The summed E-state index contributed by atoms with van der Waals surface area (Å²) in [4.78, 5) is 17.7. The van der Waals surface area contributed by atoms with E-state index in [4.69, 9.17) is 9.47 Å². The third-order valence-electron chi connectivity index (χ3n) is 5.86. The number of hydrogen-bond acceptors (Lipinski definition) is 6. The topological polar surface area (TPSA) is 78.3 Å². The number of rotatable bonds is 4. The lowest BCUT2D eigenvalue weighted by Crippen LogP contribution is -2.33. The van der Waals surface area contributed by atoms with Crippen LogP contribution in [0.25, 0.3) is 0 Å². The first-order valence-corrected chi connectivity index (χ1v) is 9.88. The molecular formula is C23H22N4O3. The van der Waals surface area contributed by atoms with Crippen molar-refractivity contribution in [3.63, 3.8) is 0 Å². The Balaban J connectivity index is 1.56. The molecule has 1 aliphatic heterocycles. The molecule has 0 radical (unpaired) electrons. The number of hydrogen-bond donors (Lipinski definition) is 1. The molecule has 1 N–H and O–H groups in total. The van der Waals surface area contributed by atoms with E-state index >= 15 is 0 Å². The number of benzene rings is 2. The van der Waals surface area contributed by atoms with Crippen LogP contribution in [0.4, 0.5) is 5.95 Å². The predicted molar refractivity (Wildman–Crippen MR) is 112 cm³/mol. The quantitative estimate of drug-likeness (QED) is 0.717. The number of nitrogens with zero attached hydrogens (tertiary/aromatic N) is 3. The van der Waals surface area contributed by atoms with Crippen molar-refractivity contribution in [2.45, 2.75) is 24.8 Å². The molecule has 0 bridgehead atoms. The molecule has 2 aromatic carbocycles. The van der Waals surface area contributed by atoms with Crippen LogP contribution in [-0.2, 0) is 4.79 Å². The molecule has 2 atom stereocenters. The van der Waals surface area contributed by atoms with Gasteiger partial charge < -0.3 is 14.8 Å². The maximum atomic E-state index is 13.4. The molecule has 0 fully saturated rings. The van der Waals surface area contributed by atoms with E-state index in [1.54, 1.807) is 18.9 Å². The van der Waals surface area contributed by atoms with E-state index in [9.17, 15) is 4.79 Å². The molecule has 30 heavy (non-hydrogen) atoms. The number of anilines is 1. The second-order valence-electron chi connectivity index (χ2n) is 7.53. The average molecular weight is 402 g/mol. The molecule has 1 aromatic heterocycles. The highest BCUT2D eigenvalue weighted by Crippen LogP contribution is 2.44. The Kier molecular flexibility index (Phi) is 4.50. The number of methoxy groups -OCH3 is 2. The highest BCUT2D eigenvalue weighted by atomic mass is 16.5. The van der Waals surface area contributed by atoms with Crippen molar-refractivity contribution in [1.82, 2.24) is 14.8 Å². The zero-order valence-corrected chi connectivity index (χ0v) is 16.8. The van der Waals surface area contributed by atoms with Gasteiger partial charge in [-0.25, -0.2) is 4.68 Å². The maximum Gasteiger partial charge on any atom is 0.226 e. The van der Waals surface area contributed by atoms with Gasteiger partial charge in [0.2, 0.25) is 5.95 Å². The molecule has 7 nitrogen and oxygen atoms in total. The monoisotopic (exact) mass is 402 g/mol. The maximum absolute atomic E-state index is 13.4. The number of nitrogens with one attached hydrogen (secondary N) is 1. The van der Waals surface area contributed by atoms with Gasteiger partial charge in [0, 0.05) is 17.7 Å². The second-order valence-corrected chi connectivity index (χ2v) is 7.53. The fourth-order valence-corrected chi connectivity index (χ4v) is 4.38. The molecular weight excluding hydrogens is 380 g/mol. The molecule has 0 spiro atoms. The molecule has 2 heterocycles. The largest absolute Gasteiger partial charge is 0.497 e. The van der Waals surface area contributed by atoms with Crippen LogP contribution in [0.5, 0.6) is 11.5 Å². The van der Waals surface area contributed by atoms with Crippen LogP contribution >= 0.6 is 0 Å². The Bertz CT molecular complexity index is 1130. The number of carbonyl (C=O) groups excluding carboxylic acids is 1. The molecule has 1 aliphatic carbocycles. The molecule has 0 saturated heterocycles. The smallest absolute Gasteiger partial charge is 0.226 e. The molecule has 0 saturated carbocycles. The number of allylic oxidation sites excluding steroid dienone is 2.